The molecule has 8 heteroatoms. The second-order valence-corrected chi connectivity index (χ2v) is 5.90. The molecule has 0 amide bonds. The van der Waals surface area contributed by atoms with Gasteiger partial charge in [0.1, 0.15) is 0 Å². The van der Waals surface area contributed by atoms with Gasteiger partial charge in [0.25, 0.3) is 0 Å². The fourth-order valence-electron chi connectivity index (χ4n) is 2.64. The number of carbonyl (C=O) groups excluding carboxylic acids is 1. The number of alkyl halides is 3. The summed E-state index contributed by atoms with van der Waals surface area (Å²) >= 11 is 0. The molecule has 142 valence electrons. The van der Waals surface area contributed by atoms with E-state index in [9.17, 15) is 18.0 Å². The quantitative estimate of drug-likeness (QED) is 0.272. The van der Waals surface area contributed by atoms with Gasteiger partial charge in [-0.05, 0) is 47.2 Å². The summed E-state index contributed by atoms with van der Waals surface area (Å²) in [5.74, 6) is -0.266. The molecule has 0 aliphatic rings. The van der Waals surface area contributed by atoms with Gasteiger partial charge in [0.2, 0.25) is 0 Å². The van der Waals surface area contributed by atoms with Gasteiger partial charge in [-0.2, -0.15) is 13.2 Å². The first-order valence-corrected chi connectivity index (χ1v) is 8.22. The van der Waals surface area contributed by atoms with Crippen LogP contribution in [0.15, 0.2) is 53.6 Å². The minimum absolute atomic E-state index is 0.266. The molecule has 1 unspecified atom stereocenters. The molecule has 0 aliphatic carbocycles. The SMILES string of the molecule is COC(=O)CCCc1ccc(C(N=[N+]=[N-])c2ccc(C(F)(F)F)cc2)cc1. The van der Waals surface area contributed by atoms with Crippen LogP contribution in [0.3, 0.4) is 0 Å². The van der Waals surface area contributed by atoms with E-state index in [1.165, 1.54) is 19.2 Å². The summed E-state index contributed by atoms with van der Waals surface area (Å²) in [5, 5.41) is 3.72. The molecule has 5 nitrogen and oxygen atoms in total. The van der Waals surface area contributed by atoms with Crippen LogP contribution in [0.2, 0.25) is 0 Å². The van der Waals surface area contributed by atoms with Crippen LogP contribution >= 0.6 is 0 Å². The highest BCUT2D eigenvalue weighted by atomic mass is 19.4. The van der Waals surface area contributed by atoms with Crippen LogP contribution in [-0.4, -0.2) is 13.1 Å². The number of carbonyl (C=O) groups is 1. The number of methoxy groups -OCH3 is 1. The molecule has 0 fully saturated rings. The van der Waals surface area contributed by atoms with Crippen molar-refractivity contribution in [2.45, 2.75) is 31.5 Å². The predicted molar refractivity (Wildman–Crippen MR) is 93.8 cm³/mol. The average Bonchev–Trinajstić information content (AvgIpc) is 2.66. The van der Waals surface area contributed by atoms with Gasteiger partial charge in [-0.15, -0.1) is 0 Å². The molecule has 0 heterocycles. The third-order valence-electron chi connectivity index (χ3n) is 4.09. The summed E-state index contributed by atoms with van der Waals surface area (Å²) in [7, 11) is 1.34. The molecule has 0 saturated heterocycles. The van der Waals surface area contributed by atoms with E-state index in [0.29, 0.717) is 30.4 Å². The van der Waals surface area contributed by atoms with Gasteiger partial charge < -0.3 is 4.74 Å². The van der Waals surface area contributed by atoms with E-state index in [1.807, 2.05) is 12.1 Å². The standard InChI is InChI=1S/C19H18F3N3O2/c1-27-17(26)4-2-3-13-5-7-14(8-6-13)18(24-25-23)15-9-11-16(12-10-15)19(20,21)22/h5-12,18H,2-4H2,1H3. The Morgan fingerprint density at radius 1 is 1.11 bits per heavy atom. The van der Waals surface area contributed by atoms with Crippen molar-refractivity contribution in [2.75, 3.05) is 7.11 Å². The van der Waals surface area contributed by atoms with E-state index in [2.05, 4.69) is 14.8 Å². The number of benzene rings is 2. The van der Waals surface area contributed by atoms with E-state index in [0.717, 1.165) is 17.7 Å². The molecule has 0 radical (unpaired) electrons. The van der Waals surface area contributed by atoms with Crippen molar-refractivity contribution in [3.8, 4) is 0 Å². The van der Waals surface area contributed by atoms with E-state index in [1.54, 1.807) is 12.1 Å². The van der Waals surface area contributed by atoms with Crippen molar-refractivity contribution >= 4 is 5.97 Å². The minimum atomic E-state index is -4.42. The summed E-state index contributed by atoms with van der Waals surface area (Å²) in [5.41, 5.74) is 10.2. The summed E-state index contributed by atoms with van der Waals surface area (Å²) in [6, 6.07) is 11.1. The third kappa shape index (κ3) is 5.76. The van der Waals surface area contributed by atoms with Crippen LogP contribution in [-0.2, 0) is 22.1 Å². The Hall–Kier alpha value is -2.99. The highest BCUT2D eigenvalue weighted by Crippen LogP contribution is 2.32. The topological polar surface area (TPSA) is 75.1 Å². The lowest BCUT2D eigenvalue weighted by molar-refractivity contribution is -0.140. The van der Waals surface area contributed by atoms with Crippen LogP contribution in [0.25, 0.3) is 10.4 Å². The maximum Gasteiger partial charge on any atom is 0.416 e. The molecule has 27 heavy (non-hydrogen) atoms. The maximum atomic E-state index is 12.7. The first kappa shape index (κ1) is 20.3. The zero-order valence-corrected chi connectivity index (χ0v) is 14.6. The van der Waals surface area contributed by atoms with Gasteiger partial charge in [0.05, 0.1) is 18.7 Å². The van der Waals surface area contributed by atoms with Crippen LogP contribution in [0, 0.1) is 0 Å². The first-order chi connectivity index (χ1) is 12.8. The van der Waals surface area contributed by atoms with E-state index < -0.39 is 17.8 Å². The van der Waals surface area contributed by atoms with Crippen LogP contribution in [0.4, 0.5) is 13.2 Å². The molecule has 0 aromatic heterocycles. The van der Waals surface area contributed by atoms with Gasteiger partial charge in [0.15, 0.2) is 0 Å². The number of hydrogen-bond donors (Lipinski definition) is 0. The number of ether oxygens (including phenoxy) is 1. The number of nitrogens with zero attached hydrogens (tertiary/aromatic N) is 3. The number of halogens is 3. The summed E-state index contributed by atoms with van der Waals surface area (Å²) in [6.45, 7) is 0. The number of esters is 1. The lowest BCUT2D eigenvalue weighted by atomic mass is 9.96. The molecule has 0 saturated carbocycles. The van der Waals surface area contributed by atoms with Crippen molar-refractivity contribution in [1.29, 1.82) is 0 Å². The fraction of sp³-hybridized carbons (Fsp3) is 0.316. The Morgan fingerprint density at radius 3 is 2.15 bits per heavy atom. The second-order valence-electron chi connectivity index (χ2n) is 5.90. The maximum absolute atomic E-state index is 12.7. The van der Waals surface area contributed by atoms with Crippen LogP contribution in [0.5, 0.6) is 0 Å². The minimum Gasteiger partial charge on any atom is -0.469 e. The van der Waals surface area contributed by atoms with E-state index in [4.69, 9.17) is 5.53 Å². The molecule has 0 N–H and O–H groups in total. The number of aryl methyl sites for hydroxylation is 1. The van der Waals surface area contributed by atoms with Gasteiger partial charge in [0, 0.05) is 11.3 Å². The number of azide groups is 1. The highest BCUT2D eigenvalue weighted by molar-refractivity contribution is 5.69. The summed E-state index contributed by atoms with van der Waals surface area (Å²) in [4.78, 5) is 13.9. The fourth-order valence-corrected chi connectivity index (χ4v) is 2.64. The smallest absolute Gasteiger partial charge is 0.416 e. The lowest BCUT2D eigenvalue weighted by Crippen LogP contribution is -2.05. The molecule has 2 rings (SSSR count). The van der Waals surface area contributed by atoms with Crippen LogP contribution in [0.1, 0.15) is 41.1 Å². The summed E-state index contributed by atoms with van der Waals surface area (Å²) in [6.07, 6.45) is -2.77. The van der Waals surface area contributed by atoms with Crippen molar-refractivity contribution < 1.29 is 22.7 Å². The first-order valence-electron chi connectivity index (χ1n) is 8.22. The van der Waals surface area contributed by atoms with Crippen molar-refractivity contribution in [3.05, 3.63) is 81.2 Å². The Labute approximate surface area is 154 Å². The molecule has 2 aromatic carbocycles. The van der Waals surface area contributed by atoms with Crippen molar-refractivity contribution in [2.24, 2.45) is 5.11 Å². The zero-order valence-electron chi connectivity index (χ0n) is 14.6. The Kier molecular flexibility index (Phi) is 6.85. The molecular formula is C19H18F3N3O2. The largest absolute Gasteiger partial charge is 0.469 e. The Bertz CT molecular complexity index is 812. The average molecular weight is 377 g/mol. The monoisotopic (exact) mass is 377 g/mol. The molecule has 0 aliphatic heterocycles. The number of hydrogen-bond acceptors (Lipinski definition) is 3. The van der Waals surface area contributed by atoms with E-state index in [-0.39, 0.29) is 5.97 Å². The lowest BCUT2D eigenvalue weighted by Gasteiger charge is -2.14. The van der Waals surface area contributed by atoms with Gasteiger partial charge in [-0.3, -0.25) is 4.79 Å². The number of rotatable bonds is 7. The van der Waals surface area contributed by atoms with Crippen LogP contribution < -0.4 is 0 Å². The van der Waals surface area contributed by atoms with Crippen molar-refractivity contribution in [3.63, 3.8) is 0 Å². The molecule has 0 spiro atoms. The molecule has 0 bridgehead atoms. The van der Waals surface area contributed by atoms with Gasteiger partial charge in [-0.25, -0.2) is 0 Å². The normalized spacial score (nSPS) is 12.1. The predicted octanol–water partition coefficient (Wildman–Crippen LogP) is 5.60. The Balaban J connectivity index is 2.14. The molecular weight excluding hydrogens is 359 g/mol. The van der Waals surface area contributed by atoms with Gasteiger partial charge >= 0.3 is 12.1 Å². The van der Waals surface area contributed by atoms with Crippen molar-refractivity contribution in [1.82, 2.24) is 0 Å². The third-order valence-corrected chi connectivity index (χ3v) is 4.09. The zero-order chi connectivity index (χ0) is 19.9. The highest BCUT2D eigenvalue weighted by Gasteiger charge is 2.30. The molecule has 2 aromatic rings. The Morgan fingerprint density at radius 2 is 1.67 bits per heavy atom. The molecule has 1 atom stereocenters. The summed E-state index contributed by atoms with van der Waals surface area (Å²) < 4.78 is 42.7. The van der Waals surface area contributed by atoms with Gasteiger partial charge in [-0.1, -0.05) is 41.5 Å². The van der Waals surface area contributed by atoms with E-state index >= 15 is 0 Å². The second kappa shape index (κ2) is 9.09.